The molecule has 4 nitrogen and oxygen atoms in total. The summed E-state index contributed by atoms with van der Waals surface area (Å²) >= 11 is 1.50. The summed E-state index contributed by atoms with van der Waals surface area (Å²) in [4.78, 5) is 18.0. The Hall–Kier alpha value is -2.60. The molecule has 1 atom stereocenters. The Labute approximate surface area is 156 Å². The van der Waals surface area contributed by atoms with Crippen molar-refractivity contribution in [3.63, 3.8) is 0 Å². The quantitative estimate of drug-likeness (QED) is 0.671. The highest BCUT2D eigenvalue weighted by Crippen LogP contribution is 2.24. The fraction of sp³-hybridized carbons (Fsp3) is 0.200. The van der Waals surface area contributed by atoms with Crippen molar-refractivity contribution in [2.45, 2.75) is 17.9 Å². The van der Waals surface area contributed by atoms with Crippen LogP contribution < -0.4 is 5.32 Å². The minimum absolute atomic E-state index is 0.101. The van der Waals surface area contributed by atoms with Gasteiger partial charge in [0.1, 0.15) is 17.7 Å². The Bertz CT molecular complexity index is 892. The molecule has 3 rings (SSSR count). The second kappa shape index (κ2) is 8.19. The Morgan fingerprint density at radius 3 is 2.62 bits per heavy atom. The van der Waals surface area contributed by atoms with Gasteiger partial charge < -0.3 is 9.88 Å². The second-order valence-corrected chi connectivity index (χ2v) is 7.02. The molecule has 0 saturated carbocycles. The zero-order valence-electron chi connectivity index (χ0n) is 14.6. The SMILES string of the molecule is Cc1ccccc1SCC(=O)NC(c1ccc(F)cc1)c1nccn1C. The number of aryl methyl sites for hydroxylation is 2. The highest BCUT2D eigenvalue weighted by Gasteiger charge is 2.21. The van der Waals surface area contributed by atoms with E-state index >= 15 is 0 Å². The molecule has 0 spiro atoms. The van der Waals surface area contributed by atoms with Gasteiger partial charge in [0.2, 0.25) is 5.91 Å². The molecule has 0 saturated heterocycles. The number of halogens is 1. The molecule has 1 heterocycles. The second-order valence-electron chi connectivity index (χ2n) is 6.00. The number of hydrogen-bond acceptors (Lipinski definition) is 3. The average molecular weight is 369 g/mol. The fourth-order valence-electron chi connectivity index (χ4n) is 2.67. The van der Waals surface area contributed by atoms with E-state index in [1.807, 2.05) is 49.0 Å². The lowest BCUT2D eigenvalue weighted by Gasteiger charge is -2.19. The Morgan fingerprint density at radius 2 is 1.96 bits per heavy atom. The number of thioether (sulfide) groups is 1. The molecule has 0 aliphatic carbocycles. The third-order valence-corrected chi connectivity index (χ3v) is 5.25. The smallest absolute Gasteiger partial charge is 0.231 e. The molecule has 0 bridgehead atoms. The van der Waals surface area contributed by atoms with Crippen LogP contribution in [-0.4, -0.2) is 21.2 Å². The van der Waals surface area contributed by atoms with E-state index in [9.17, 15) is 9.18 Å². The molecule has 1 amide bonds. The van der Waals surface area contributed by atoms with Gasteiger partial charge in [-0.15, -0.1) is 11.8 Å². The van der Waals surface area contributed by atoms with Crippen molar-refractivity contribution in [1.82, 2.24) is 14.9 Å². The number of aromatic nitrogens is 2. The maximum atomic E-state index is 13.3. The molecule has 1 N–H and O–H groups in total. The first kappa shape index (κ1) is 18.2. The lowest BCUT2D eigenvalue weighted by atomic mass is 10.1. The van der Waals surface area contributed by atoms with Gasteiger partial charge >= 0.3 is 0 Å². The van der Waals surface area contributed by atoms with E-state index in [1.54, 1.807) is 18.3 Å². The first-order valence-electron chi connectivity index (χ1n) is 8.25. The van der Waals surface area contributed by atoms with E-state index in [0.717, 1.165) is 16.0 Å². The average Bonchev–Trinajstić information content (AvgIpc) is 3.05. The minimum Gasteiger partial charge on any atom is -0.341 e. The van der Waals surface area contributed by atoms with Crippen LogP contribution in [0.15, 0.2) is 65.8 Å². The maximum Gasteiger partial charge on any atom is 0.231 e. The predicted molar refractivity (Wildman–Crippen MR) is 101 cm³/mol. The topological polar surface area (TPSA) is 46.9 Å². The standard InChI is InChI=1S/C20H20FN3OS/c1-14-5-3-4-6-17(14)26-13-18(25)23-19(20-22-11-12-24(20)2)15-7-9-16(21)10-8-15/h3-12,19H,13H2,1-2H3,(H,23,25). The van der Waals surface area contributed by atoms with E-state index in [4.69, 9.17) is 0 Å². The molecule has 26 heavy (non-hydrogen) atoms. The minimum atomic E-state index is -0.430. The van der Waals surface area contributed by atoms with Gasteiger partial charge in [-0.3, -0.25) is 4.79 Å². The summed E-state index contributed by atoms with van der Waals surface area (Å²) in [5, 5.41) is 3.02. The van der Waals surface area contributed by atoms with Crippen LogP contribution in [0, 0.1) is 12.7 Å². The summed E-state index contributed by atoms with van der Waals surface area (Å²) in [5.41, 5.74) is 1.93. The third-order valence-electron chi connectivity index (χ3n) is 4.08. The molecular weight excluding hydrogens is 349 g/mol. The van der Waals surface area contributed by atoms with Gasteiger partial charge in [0, 0.05) is 24.3 Å². The van der Waals surface area contributed by atoms with Crippen molar-refractivity contribution in [2.24, 2.45) is 7.05 Å². The van der Waals surface area contributed by atoms with E-state index in [-0.39, 0.29) is 11.7 Å². The van der Waals surface area contributed by atoms with Crippen molar-refractivity contribution in [3.05, 3.63) is 83.7 Å². The molecule has 0 aliphatic heterocycles. The number of nitrogens with one attached hydrogen (secondary N) is 1. The van der Waals surface area contributed by atoms with Crippen molar-refractivity contribution < 1.29 is 9.18 Å². The van der Waals surface area contributed by atoms with Crippen LogP contribution >= 0.6 is 11.8 Å². The lowest BCUT2D eigenvalue weighted by Crippen LogP contribution is -2.32. The van der Waals surface area contributed by atoms with Gasteiger partial charge in [0.05, 0.1) is 5.75 Å². The summed E-state index contributed by atoms with van der Waals surface area (Å²) in [6.07, 6.45) is 3.50. The Kier molecular flexibility index (Phi) is 5.73. The third kappa shape index (κ3) is 4.32. The molecule has 2 aromatic carbocycles. The van der Waals surface area contributed by atoms with Crippen LogP contribution in [0.4, 0.5) is 4.39 Å². The lowest BCUT2D eigenvalue weighted by molar-refractivity contribution is -0.119. The molecule has 0 fully saturated rings. The van der Waals surface area contributed by atoms with Crippen molar-refractivity contribution in [2.75, 3.05) is 5.75 Å². The highest BCUT2D eigenvalue weighted by atomic mass is 32.2. The van der Waals surface area contributed by atoms with E-state index in [0.29, 0.717) is 11.6 Å². The molecule has 1 aromatic heterocycles. The largest absolute Gasteiger partial charge is 0.341 e. The maximum absolute atomic E-state index is 13.3. The predicted octanol–water partition coefficient (Wildman–Crippen LogP) is 3.87. The number of benzene rings is 2. The molecule has 3 aromatic rings. The molecular formula is C20H20FN3OS. The molecule has 0 aliphatic rings. The fourth-order valence-corrected chi connectivity index (χ4v) is 3.51. The summed E-state index contributed by atoms with van der Waals surface area (Å²) in [7, 11) is 1.87. The Balaban J connectivity index is 1.75. The van der Waals surface area contributed by atoms with Crippen molar-refractivity contribution in [3.8, 4) is 0 Å². The van der Waals surface area contributed by atoms with Gasteiger partial charge in [-0.05, 0) is 36.2 Å². The molecule has 134 valence electrons. The molecule has 1 unspecified atom stereocenters. The number of hydrogen-bond donors (Lipinski definition) is 1. The van der Waals surface area contributed by atoms with Crippen LogP contribution in [-0.2, 0) is 11.8 Å². The summed E-state index contributed by atoms with van der Waals surface area (Å²) in [6.45, 7) is 2.02. The van der Waals surface area contributed by atoms with Crippen LogP contribution in [0.25, 0.3) is 0 Å². The van der Waals surface area contributed by atoms with Crippen LogP contribution in [0.5, 0.6) is 0 Å². The van der Waals surface area contributed by atoms with Crippen molar-refractivity contribution in [1.29, 1.82) is 0 Å². The number of carbonyl (C=O) groups is 1. The molecule has 0 radical (unpaired) electrons. The first-order valence-corrected chi connectivity index (χ1v) is 9.23. The van der Waals surface area contributed by atoms with E-state index in [2.05, 4.69) is 10.3 Å². The zero-order chi connectivity index (χ0) is 18.5. The molecule has 6 heteroatoms. The number of carbonyl (C=O) groups excluding carboxylic acids is 1. The normalized spacial score (nSPS) is 12.0. The van der Waals surface area contributed by atoms with Crippen LogP contribution in [0.2, 0.25) is 0 Å². The van der Waals surface area contributed by atoms with Gasteiger partial charge in [0.25, 0.3) is 0 Å². The summed E-state index contributed by atoms with van der Waals surface area (Å²) < 4.78 is 15.1. The van der Waals surface area contributed by atoms with Crippen LogP contribution in [0.1, 0.15) is 23.0 Å². The van der Waals surface area contributed by atoms with Crippen LogP contribution in [0.3, 0.4) is 0 Å². The highest BCUT2D eigenvalue weighted by molar-refractivity contribution is 8.00. The Morgan fingerprint density at radius 1 is 1.23 bits per heavy atom. The number of rotatable bonds is 6. The first-order chi connectivity index (χ1) is 12.5. The summed E-state index contributed by atoms with van der Waals surface area (Å²) in [5.74, 6) is 0.586. The zero-order valence-corrected chi connectivity index (χ0v) is 15.5. The van der Waals surface area contributed by atoms with Gasteiger partial charge in [0.15, 0.2) is 0 Å². The van der Waals surface area contributed by atoms with Crippen molar-refractivity contribution >= 4 is 17.7 Å². The van der Waals surface area contributed by atoms with E-state index in [1.165, 1.54) is 23.9 Å². The monoisotopic (exact) mass is 369 g/mol. The van der Waals surface area contributed by atoms with Gasteiger partial charge in [-0.2, -0.15) is 0 Å². The van der Waals surface area contributed by atoms with E-state index < -0.39 is 6.04 Å². The number of nitrogens with zero attached hydrogens (tertiary/aromatic N) is 2. The van der Waals surface area contributed by atoms with Gasteiger partial charge in [-0.1, -0.05) is 30.3 Å². The summed E-state index contributed by atoms with van der Waals surface area (Å²) in [6, 6.07) is 13.7. The van der Waals surface area contributed by atoms with Gasteiger partial charge in [-0.25, -0.2) is 9.37 Å². The number of imidazole rings is 1. The number of amides is 1.